The summed E-state index contributed by atoms with van der Waals surface area (Å²) in [5.74, 6) is 1.70. The van der Waals surface area contributed by atoms with Crippen LogP contribution in [0.4, 0.5) is 0 Å². The second kappa shape index (κ2) is 2.60. The summed E-state index contributed by atoms with van der Waals surface area (Å²) in [6, 6.07) is 0. The van der Waals surface area contributed by atoms with Gasteiger partial charge < -0.3 is 4.90 Å². The monoisotopic (exact) mass is 141 g/mol. The molecule has 0 unspecified atom stereocenters. The summed E-state index contributed by atoms with van der Waals surface area (Å²) in [5, 5.41) is 0. The van der Waals surface area contributed by atoms with Crippen molar-refractivity contribution in [2.75, 3.05) is 13.1 Å². The predicted octanol–water partition coefficient (Wildman–Crippen LogP) is 1.12. The lowest BCUT2D eigenvalue weighted by Gasteiger charge is -2.41. The molecule has 1 aliphatic heterocycles. The summed E-state index contributed by atoms with van der Waals surface area (Å²) in [4.78, 5) is 12.6. The maximum atomic E-state index is 10.7. The third kappa shape index (κ3) is 1.31. The molecule has 0 atom stereocenters. The molecule has 0 saturated carbocycles. The van der Waals surface area contributed by atoms with Crippen LogP contribution < -0.4 is 0 Å². The zero-order chi connectivity index (χ0) is 7.72. The Morgan fingerprint density at radius 1 is 1.50 bits per heavy atom. The van der Waals surface area contributed by atoms with Crippen molar-refractivity contribution in [1.82, 2.24) is 4.90 Å². The molecule has 0 aromatic rings. The van der Waals surface area contributed by atoms with Crippen LogP contribution in [0.3, 0.4) is 0 Å². The molecule has 1 rings (SSSR count). The minimum atomic E-state index is 0.219. The van der Waals surface area contributed by atoms with Gasteiger partial charge in [0.25, 0.3) is 0 Å². The van der Waals surface area contributed by atoms with Crippen molar-refractivity contribution >= 4 is 5.91 Å². The van der Waals surface area contributed by atoms with Gasteiger partial charge in [0, 0.05) is 20.0 Å². The molecule has 0 bridgehead atoms. The lowest BCUT2D eigenvalue weighted by atomic mass is 9.88. The first kappa shape index (κ1) is 7.58. The van der Waals surface area contributed by atoms with Gasteiger partial charge in [-0.25, -0.2) is 0 Å². The summed E-state index contributed by atoms with van der Waals surface area (Å²) in [6.07, 6.45) is 0. The van der Waals surface area contributed by atoms with E-state index in [2.05, 4.69) is 13.8 Å². The molecule has 1 fully saturated rings. The third-order valence-corrected chi connectivity index (χ3v) is 2.30. The smallest absolute Gasteiger partial charge is 0.219 e. The van der Waals surface area contributed by atoms with Gasteiger partial charge in [0.15, 0.2) is 0 Å². The third-order valence-electron chi connectivity index (χ3n) is 2.30. The molecular formula is C8H15NO. The zero-order valence-corrected chi connectivity index (χ0v) is 6.92. The van der Waals surface area contributed by atoms with E-state index in [0.29, 0.717) is 0 Å². The fraction of sp³-hybridized carbons (Fsp3) is 0.875. The number of hydrogen-bond donors (Lipinski definition) is 0. The van der Waals surface area contributed by atoms with E-state index in [9.17, 15) is 4.79 Å². The van der Waals surface area contributed by atoms with Gasteiger partial charge in [-0.3, -0.25) is 4.79 Å². The summed E-state index contributed by atoms with van der Waals surface area (Å²) < 4.78 is 0. The molecule has 0 spiro atoms. The average Bonchev–Trinajstić information content (AvgIpc) is 1.56. The fourth-order valence-electron chi connectivity index (χ4n) is 1.19. The Kier molecular flexibility index (Phi) is 1.97. The Balaban J connectivity index is 2.24. The number of rotatable bonds is 1. The molecule has 10 heavy (non-hydrogen) atoms. The van der Waals surface area contributed by atoms with Gasteiger partial charge in [0.1, 0.15) is 0 Å². The second-order valence-electron chi connectivity index (χ2n) is 3.43. The lowest BCUT2D eigenvalue weighted by molar-refractivity contribution is -0.136. The maximum absolute atomic E-state index is 10.7. The molecule has 0 aromatic carbocycles. The van der Waals surface area contributed by atoms with Crippen molar-refractivity contribution < 1.29 is 4.79 Å². The van der Waals surface area contributed by atoms with E-state index in [4.69, 9.17) is 0 Å². The molecule has 2 heteroatoms. The number of carbonyl (C=O) groups excluding carboxylic acids is 1. The molecule has 1 amide bonds. The fourth-order valence-corrected chi connectivity index (χ4v) is 1.19. The molecule has 0 N–H and O–H groups in total. The molecule has 1 saturated heterocycles. The molecule has 0 aromatic heterocycles. The van der Waals surface area contributed by atoms with Crippen LogP contribution >= 0.6 is 0 Å². The van der Waals surface area contributed by atoms with Crippen molar-refractivity contribution in [1.29, 1.82) is 0 Å². The van der Waals surface area contributed by atoms with Crippen LogP contribution in [0.2, 0.25) is 0 Å². The largest absolute Gasteiger partial charge is 0.342 e. The van der Waals surface area contributed by atoms with E-state index in [1.54, 1.807) is 6.92 Å². The van der Waals surface area contributed by atoms with Gasteiger partial charge in [-0.05, 0) is 11.8 Å². The van der Waals surface area contributed by atoms with Gasteiger partial charge >= 0.3 is 0 Å². The lowest BCUT2D eigenvalue weighted by Crippen LogP contribution is -2.50. The Labute approximate surface area is 62.2 Å². The van der Waals surface area contributed by atoms with Crippen molar-refractivity contribution in [3.63, 3.8) is 0 Å². The van der Waals surface area contributed by atoms with Crippen molar-refractivity contribution in [2.24, 2.45) is 11.8 Å². The van der Waals surface area contributed by atoms with Crippen LogP contribution in [-0.2, 0) is 4.79 Å². The van der Waals surface area contributed by atoms with Crippen LogP contribution in [0.5, 0.6) is 0 Å². The Morgan fingerprint density at radius 3 is 2.30 bits per heavy atom. The first-order valence-corrected chi connectivity index (χ1v) is 3.86. The van der Waals surface area contributed by atoms with Crippen LogP contribution in [-0.4, -0.2) is 23.9 Å². The Morgan fingerprint density at radius 2 is 2.00 bits per heavy atom. The van der Waals surface area contributed by atoms with Crippen molar-refractivity contribution in [3.05, 3.63) is 0 Å². The highest BCUT2D eigenvalue weighted by atomic mass is 16.2. The van der Waals surface area contributed by atoms with E-state index in [-0.39, 0.29) is 5.91 Å². The maximum Gasteiger partial charge on any atom is 0.219 e. The quantitative estimate of drug-likeness (QED) is 0.536. The van der Waals surface area contributed by atoms with Gasteiger partial charge in [-0.15, -0.1) is 0 Å². The number of likely N-dealkylation sites (tertiary alicyclic amines) is 1. The van der Waals surface area contributed by atoms with Crippen LogP contribution in [0, 0.1) is 11.8 Å². The van der Waals surface area contributed by atoms with Gasteiger partial charge in [-0.2, -0.15) is 0 Å². The topological polar surface area (TPSA) is 20.3 Å². The molecule has 2 nitrogen and oxygen atoms in total. The van der Waals surface area contributed by atoms with Gasteiger partial charge in [0.2, 0.25) is 5.91 Å². The molecule has 58 valence electrons. The minimum absolute atomic E-state index is 0.219. The molecule has 0 radical (unpaired) electrons. The number of hydrogen-bond acceptors (Lipinski definition) is 1. The predicted molar refractivity (Wildman–Crippen MR) is 40.6 cm³/mol. The highest BCUT2D eigenvalue weighted by Gasteiger charge is 2.30. The average molecular weight is 141 g/mol. The van der Waals surface area contributed by atoms with E-state index < -0.39 is 0 Å². The van der Waals surface area contributed by atoms with E-state index in [0.717, 1.165) is 24.9 Å². The summed E-state index contributed by atoms with van der Waals surface area (Å²) in [6.45, 7) is 8.01. The van der Waals surface area contributed by atoms with Crippen LogP contribution in [0.15, 0.2) is 0 Å². The molecular weight excluding hydrogens is 126 g/mol. The number of amides is 1. The van der Waals surface area contributed by atoms with Crippen molar-refractivity contribution in [3.8, 4) is 0 Å². The molecule has 1 aliphatic rings. The number of carbonyl (C=O) groups is 1. The summed E-state index contributed by atoms with van der Waals surface area (Å²) in [5.41, 5.74) is 0. The summed E-state index contributed by atoms with van der Waals surface area (Å²) >= 11 is 0. The second-order valence-corrected chi connectivity index (χ2v) is 3.43. The Hall–Kier alpha value is -0.530. The molecule has 1 heterocycles. The highest BCUT2D eigenvalue weighted by Crippen LogP contribution is 2.22. The zero-order valence-electron chi connectivity index (χ0n) is 6.92. The first-order valence-electron chi connectivity index (χ1n) is 3.86. The normalized spacial score (nSPS) is 19.4. The minimum Gasteiger partial charge on any atom is -0.342 e. The highest BCUT2D eigenvalue weighted by molar-refractivity contribution is 5.74. The van der Waals surface area contributed by atoms with E-state index >= 15 is 0 Å². The van der Waals surface area contributed by atoms with E-state index in [1.165, 1.54) is 0 Å². The molecule has 0 aliphatic carbocycles. The number of nitrogens with zero attached hydrogens (tertiary/aromatic N) is 1. The van der Waals surface area contributed by atoms with Gasteiger partial charge in [0.05, 0.1) is 0 Å². The van der Waals surface area contributed by atoms with Crippen LogP contribution in [0.1, 0.15) is 20.8 Å². The van der Waals surface area contributed by atoms with E-state index in [1.807, 2.05) is 4.90 Å². The Bertz CT molecular complexity index is 136. The standard InChI is InChI=1S/C8H15NO/c1-6(2)8-4-9(5-8)7(3)10/h6,8H,4-5H2,1-3H3. The van der Waals surface area contributed by atoms with Gasteiger partial charge in [-0.1, -0.05) is 13.8 Å². The SMILES string of the molecule is CC(=O)N1CC(C(C)C)C1. The van der Waals surface area contributed by atoms with Crippen LogP contribution in [0.25, 0.3) is 0 Å². The first-order chi connectivity index (χ1) is 4.61. The van der Waals surface area contributed by atoms with Crippen molar-refractivity contribution in [2.45, 2.75) is 20.8 Å². The summed E-state index contributed by atoms with van der Waals surface area (Å²) in [7, 11) is 0.